The first-order chi connectivity index (χ1) is 13.4. The molecule has 1 atom stereocenters. The summed E-state index contributed by atoms with van der Waals surface area (Å²) in [6.45, 7) is 8.03. The number of nitrogens with one attached hydrogen (secondary N) is 3. The van der Waals surface area contributed by atoms with Gasteiger partial charge in [0.15, 0.2) is 0 Å². The van der Waals surface area contributed by atoms with E-state index < -0.39 is 0 Å². The molecule has 0 aliphatic heterocycles. The van der Waals surface area contributed by atoms with Crippen molar-refractivity contribution >= 4 is 23.2 Å². The van der Waals surface area contributed by atoms with Gasteiger partial charge in [0, 0.05) is 29.0 Å². The third-order valence-electron chi connectivity index (χ3n) is 4.05. The van der Waals surface area contributed by atoms with Gasteiger partial charge in [-0.25, -0.2) is 0 Å². The van der Waals surface area contributed by atoms with E-state index in [2.05, 4.69) is 22.9 Å². The van der Waals surface area contributed by atoms with E-state index in [0.29, 0.717) is 11.3 Å². The molecule has 28 heavy (non-hydrogen) atoms. The Morgan fingerprint density at radius 3 is 2.36 bits per heavy atom. The van der Waals surface area contributed by atoms with E-state index in [0.717, 1.165) is 17.9 Å². The lowest BCUT2D eigenvalue weighted by atomic mass is 10.2. The quantitative estimate of drug-likeness (QED) is 0.610. The van der Waals surface area contributed by atoms with E-state index in [-0.39, 0.29) is 30.5 Å². The average molecular weight is 383 g/mol. The Kier molecular flexibility index (Phi) is 7.87. The fourth-order valence-corrected chi connectivity index (χ4v) is 2.43. The van der Waals surface area contributed by atoms with E-state index in [1.807, 2.05) is 45.0 Å². The molecule has 0 aliphatic rings. The highest BCUT2D eigenvalue weighted by Crippen LogP contribution is 2.19. The van der Waals surface area contributed by atoms with Crippen LogP contribution in [0.15, 0.2) is 48.5 Å². The van der Waals surface area contributed by atoms with Crippen LogP contribution < -0.4 is 20.7 Å². The lowest BCUT2D eigenvalue weighted by Gasteiger charge is -2.14. The van der Waals surface area contributed by atoms with Crippen LogP contribution in [0.4, 0.5) is 11.4 Å². The van der Waals surface area contributed by atoms with E-state index in [1.165, 1.54) is 0 Å². The number of rotatable bonds is 9. The molecule has 1 unspecified atom stereocenters. The summed E-state index contributed by atoms with van der Waals surface area (Å²) in [6.07, 6.45) is 1.07. The second kappa shape index (κ2) is 10.3. The molecular formula is C22H29N3O3. The van der Waals surface area contributed by atoms with Crippen LogP contribution in [0.5, 0.6) is 5.75 Å². The molecule has 0 spiro atoms. The standard InChI is InChI=1S/C22H29N3O3/c1-5-16(4)28-20-8-6-7-19(13-20)23-14-21(26)25-18-11-9-17(10-12-18)22(27)24-15(2)3/h6-13,15-16,23H,5,14H2,1-4H3,(H,24,27)(H,25,26). The maximum absolute atomic E-state index is 12.2. The van der Waals surface area contributed by atoms with E-state index in [9.17, 15) is 9.59 Å². The normalized spacial score (nSPS) is 11.6. The fourth-order valence-electron chi connectivity index (χ4n) is 2.43. The topological polar surface area (TPSA) is 79.5 Å². The van der Waals surface area contributed by atoms with Gasteiger partial charge in [0.1, 0.15) is 5.75 Å². The molecule has 0 aromatic heterocycles. The lowest BCUT2D eigenvalue weighted by Crippen LogP contribution is -2.30. The van der Waals surface area contributed by atoms with Crippen LogP contribution >= 0.6 is 0 Å². The first-order valence-corrected chi connectivity index (χ1v) is 9.58. The van der Waals surface area contributed by atoms with Gasteiger partial charge in [-0.15, -0.1) is 0 Å². The Morgan fingerprint density at radius 1 is 1.00 bits per heavy atom. The maximum Gasteiger partial charge on any atom is 0.251 e. The highest BCUT2D eigenvalue weighted by atomic mass is 16.5. The zero-order chi connectivity index (χ0) is 20.5. The van der Waals surface area contributed by atoms with Gasteiger partial charge < -0.3 is 20.7 Å². The van der Waals surface area contributed by atoms with E-state index >= 15 is 0 Å². The van der Waals surface area contributed by atoms with Crippen LogP contribution in [0.1, 0.15) is 44.5 Å². The van der Waals surface area contributed by atoms with Crippen LogP contribution in [0.3, 0.4) is 0 Å². The molecule has 150 valence electrons. The first-order valence-electron chi connectivity index (χ1n) is 9.58. The molecule has 0 aliphatic carbocycles. The van der Waals surface area contributed by atoms with Crippen molar-refractivity contribution in [3.8, 4) is 5.75 Å². The summed E-state index contributed by atoms with van der Waals surface area (Å²) in [5.41, 5.74) is 2.02. The number of carbonyl (C=O) groups is 2. The number of ether oxygens (including phenoxy) is 1. The fraction of sp³-hybridized carbons (Fsp3) is 0.364. The van der Waals surface area contributed by atoms with Crippen molar-refractivity contribution in [2.75, 3.05) is 17.2 Å². The SMILES string of the molecule is CCC(C)Oc1cccc(NCC(=O)Nc2ccc(C(=O)NC(C)C)cc2)c1. The smallest absolute Gasteiger partial charge is 0.251 e. The van der Waals surface area contributed by atoms with Crippen LogP contribution in [0, 0.1) is 0 Å². The summed E-state index contributed by atoms with van der Waals surface area (Å²) < 4.78 is 5.79. The van der Waals surface area contributed by atoms with Gasteiger partial charge in [-0.2, -0.15) is 0 Å². The molecule has 2 aromatic carbocycles. The Balaban J connectivity index is 1.85. The van der Waals surface area contributed by atoms with Crippen molar-refractivity contribution in [1.82, 2.24) is 5.32 Å². The van der Waals surface area contributed by atoms with Gasteiger partial charge in [0.25, 0.3) is 5.91 Å². The van der Waals surface area contributed by atoms with Crippen LogP contribution in [-0.4, -0.2) is 30.5 Å². The molecule has 0 radical (unpaired) electrons. The van der Waals surface area contributed by atoms with Crippen molar-refractivity contribution in [2.45, 2.75) is 46.3 Å². The van der Waals surface area contributed by atoms with Crippen molar-refractivity contribution in [2.24, 2.45) is 0 Å². The number of amides is 2. The first kappa shape index (κ1) is 21.3. The summed E-state index contributed by atoms with van der Waals surface area (Å²) in [7, 11) is 0. The van der Waals surface area contributed by atoms with Crippen LogP contribution in [-0.2, 0) is 4.79 Å². The van der Waals surface area contributed by atoms with Crippen molar-refractivity contribution < 1.29 is 14.3 Å². The Morgan fingerprint density at radius 2 is 1.71 bits per heavy atom. The molecule has 3 N–H and O–H groups in total. The molecule has 6 heteroatoms. The lowest BCUT2D eigenvalue weighted by molar-refractivity contribution is -0.114. The van der Waals surface area contributed by atoms with Crippen LogP contribution in [0.25, 0.3) is 0 Å². The zero-order valence-corrected chi connectivity index (χ0v) is 16.9. The van der Waals surface area contributed by atoms with Crippen molar-refractivity contribution in [1.29, 1.82) is 0 Å². The third-order valence-corrected chi connectivity index (χ3v) is 4.05. The minimum Gasteiger partial charge on any atom is -0.491 e. The molecule has 6 nitrogen and oxygen atoms in total. The van der Waals surface area contributed by atoms with Crippen LogP contribution in [0.2, 0.25) is 0 Å². The van der Waals surface area contributed by atoms with E-state index in [4.69, 9.17) is 4.74 Å². The zero-order valence-electron chi connectivity index (χ0n) is 16.9. The summed E-state index contributed by atoms with van der Waals surface area (Å²) in [5.74, 6) is 0.469. The maximum atomic E-state index is 12.2. The molecular weight excluding hydrogens is 354 g/mol. The number of hydrogen-bond acceptors (Lipinski definition) is 4. The average Bonchev–Trinajstić information content (AvgIpc) is 2.66. The van der Waals surface area contributed by atoms with Gasteiger partial charge in [-0.3, -0.25) is 9.59 Å². The molecule has 0 saturated carbocycles. The molecule has 2 rings (SSSR count). The summed E-state index contributed by atoms with van der Waals surface area (Å²) in [5, 5.41) is 8.73. The minimum atomic E-state index is -0.173. The Bertz CT molecular complexity index is 788. The number of carbonyl (C=O) groups excluding carboxylic acids is 2. The van der Waals surface area contributed by atoms with Gasteiger partial charge in [-0.05, 0) is 63.6 Å². The molecule has 0 heterocycles. The Labute approximate surface area is 166 Å². The number of anilines is 2. The van der Waals surface area contributed by atoms with Gasteiger partial charge >= 0.3 is 0 Å². The summed E-state index contributed by atoms with van der Waals surface area (Å²) in [4.78, 5) is 24.1. The largest absolute Gasteiger partial charge is 0.491 e. The highest BCUT2D eigenvalue weighted by Gasteiger charge is 2.08. The van der Waals surface area contributed by atoms with Gasteiger partial charge in [0.2, 0.25) is 5.91 Å². The summed E-state index contributed by atoms with van der Waals surface area (Å²) >= 11 is 0. The minimum absolute atomic E-state index is 0.0760. The van der Waals surface area contributed by atoms with Gasteiger partial charge in [-0.1, -0.05) is 13.0 Å². The molecule has 2 amide bonds. The predicted octanol–water partition coefficient (Wildman–Crippen LogP) is 4.05. The van der Waals surface area contributed by atoms with Gasteiger partial charge in [0.05, 0.1) is 12.6 Å². The number of hydrogen-bond donors (Lipinski definition) is 3. The van der Waals surface area contributed by atoms with Crippen molar-refractivity contribution in [3.05, 3.63) is 54.1 Å². The Hall–Kier alpha value is -3.02. The summed E-state index contributed by atoms with van der Waals surface area (Å²) in [6, 6.07) is 14.4. The second-order valence-electron chi connectivity index (χ2n) is 6.97. The monoisotopic (exact) mass is 383 g/mol. The molecule has 0 fully saturated rings. The molecule has 0 saturated heterocycles. The second-order valence-corrected chi connectivity index (χ2v) is 6.97. The highest BCUT2D eigenvalue weighted by molar-refractivity contribution is 5.96. The predicted molar refractivity (Wildman–Crippen MR) is 113 cm³/mol. The molecule has 2 aromatic rings. The third kappa shape index (κ3) is 6.95. The van der Waals surface area contributed by atoms with E-state index in [1.54, 1.807) is 24.3 Å². The number of benzene rings is 2. The molecule has 0 bridgehead atoms. The van der Waals surface area contributed by atoms with Crippen molar-refractivity contribution in [3.63, 3.8) is 0 Å².